The highest BCUT2D eigenvalue weighted by atomic mass is 32.1. The third kappa shape index (κ3) is 4.16. The van der Waals surface area contributed by atoms with Gasteiger partial charge in [-0.3, -0.25) is 14.7 Å². The molecular formula is C20H23N5OS. The Kier molecular flexibility index (Phi) is 5.15. The van der Waals surface area contributed by atoms with Crippen LogP contribution < -0.4 is 5.32 Å². The standard InChI is InChI=1S/C20H23N5OS/c1-14-11-24(2)5-6-25(14)12-20(26)23-19-8-17-7-15(18-10-21-13-27-18)3-4-16(17)9-22-19/h3-4,7-10,13-14H,5-6,11-12H2,1-2H3,(H,22,23,26)/t14-/m0/s1. The van der Waals surface area contributed by atoms with Crippen LogP contribution in [0.3, 0.4) is 0 Å². The van der Waals surface area contributed by atoms with Gasteiger partial charge in [-0.25, -0.2) is 4.98 Å². The summed E-state index contributed by atoms with van der Waals surface area (Å²) in [5, 5.41) is 5.06. The van der Waals surface area contributed by atoms with Crippen LogP contribution in [0.2, 0.25) is 0 Å². The molecule has 4 rings (SSSR count). The number of rotatable bonds is 4. The first-order valence-corrected chi connectivity index (χ1v) is 9.97. The van der Waals surface area contributed by atoms with Crippen molar-refractivity contribution >= 4 is 33.8 Å². The number of hydrogen-bond acceptors (Lipinski definition) is 6. The number of aromatic nitrogens is 2. The second-order valence-electron chi connectivity index (χ2n) is 7.13. The molecule has 3 heterocycles. The SMILES string of the molecule is C[C@H]1CN(C)CCN1CC(=O)Nc1cc2cc(-c3cncs3)ccc2cn1. The van der Waals surface area contributed by atoms with Gasteiger partial charge >= 0.3 is 0 Å². The molecule has 1 saturated heterocycles. The number of carbonyl (C=O) groups excluding carboxylic acids is 1. The van der Waals surface area contributed by atoms with Crippen LogP contribution in [-0.2, 0) is 4.79 Å². The molecule has 0 aliphatic carbocycles. The Morgan fingerprint density at radius 2 is 2.15 bits per heavy atom. The van der Waals surface area contributed by atoms with Gasteiger partial charge in [0.1, 0.15) is 5.82 Å². The van der Waals surface area contributed by atoms with Gasteiger partial charge in [0.05, 0.1) is 16.9 Å². The van der Waals surface area contributed by atoms with E-state index in [0.717, 1.165) is 40.8 Å². The van der Waals surface area contributed by atoms with E-state index in [1.807, 2.05) is 17.8 Å². The summed E-state index contributed by atoms with van der Waals surface area (Å²) in [6.45, 7) is 5.45. The first-order chi connectivity index (χ1) is 13.1. The van der Waals surface area contributed by atoms with Crippen LogP contribution >= 0.6 is 11.3 Å². The molecule has 1 aliphatic rings. The highest BCUT2D eigenvalue weighted by Crippen LogP contribution is 2.27. The van der Waals surface area contributed by atoms with Crippen molar-refractivity contribution in [2.75, 3.05) is 38.5 Å². The van der Waals surface area contributed by atoms with Crippen LogP contribution in [0, 0.1) is 0 Å². The maximum atomic E-state index is 12.5. The van der Waals surface area contributed by atoms with Crippen molar-refractivity contribution < 1.29 is 4.79 Å². The van der Waals surface area contributed by atoms with Crippen molar-refractivity contribution in [3.8, 4) is 10.4 Å². The Balaban J connectivity index is 1.47. The van der Waals surface area contributed by atoms with E-state index in [-0.39, 0.29) is 5.91 Å². The maximum absolute atomic E-state index is 12.5. The van der Waals surface area contributed by atoms with Crippen molar-refractivity contribution in [3.05, 3.63) is 42.2 Å². The first-order valence-electron chi connectivity index (χ1n) is 9.09. The number of benzene rings is 1. The number of nitrogens with zero attached hydrogens (tertiary/aromatic N) is 4. The lowest BCUT2D eigenvalue weighted by molar-refractivity contribution is -0.118. The summed E-state index contributed by atoms with van der Waals surface area (Å²) in [6.07, 6.45) is 3.67. The van der Waals surface area contributed by atoms with Crippen LogP contribution in [0.4, 0.5) is 5.82 Å². The van der Waals surface area contributed by atoms with Gasteiger partial charge in [-0.15, -0.1) is 11.3 Å². The zero-order valence-corrected chi connectivity index (χ0v) is 16.4. The summed E-state index contributed by atoms with van der Waals surface area (Å²) in [6, 6.07) is 8.55. The van der Waals surface area contributed by atoms with Gasteiger partial charge in [-0.1, -0.05) is 12.1 Å². The van der Waals surface area contributed by atoms with E-state index in [2.05, 4.69) is 57.3 Å². The Morgan fingerprint density at radius 1 is 1.26 bits per heavy atom. The van der Waals surface area contributed by atoms with Crippen LogP contribution in [0.1, 0.15) is 6.92 Å². The fourth-order valence-corrected chi connectivity index (χ4v) is 4.12. The molecule has 3 aromatic rings. The summed E-state index contributed by atoms with van der Waals surface area (Å²) in [4.78, 5) is 26.7. The van der Waals surface area contributed by atoms with Crippen LogP contribution in [0.15, 0.2) is 42.2 Å². The highest BCUT2D eigenvalue weighted by molar-refractivity contribution is 7.13. The summed E-state index contributed by atoms with van der Waals surface area (Å²) < 4.78 is 0. The summed E-state index contributed by atoms with van der Waals surface area (Å²) in [5.41, 5.74) is 2.96. The number of fused-ring (bicyclic) bond motifs is 1. The molecule has 0 bridgehead atoms. The molecule has 0 saturated carbocycles. The van der Waals surface area contributed by atoms with E-state index in [0.29, 0.717) is 18.4 Å². The Hall–Kier alpha value is -2.35. The van der Waals surface area contributed by atoms with Crippen molar-refractivity contribution in [1.29, 1.82) is 0 Å². The average molecular weight is 382 g/mol. The molecular weight excluding hydrogens is 358 g/mol. The quantitative estimate of drug-likeness (QED) is 0.753. The molecule has 1 aromatic carbocycles. The molecule has 2 aromatic heterocycles. The number of hydrogen-bond donors (Lipinski definition) is 1. The molecule has 0 unspecified atom stereocenters. The van der Waals surface area contributed by atoms with Gasteiger partial charge in [-0.2, -0.15) is 0 Å². The van der Waals surface area contributed by atoms with E-state index in [1.165, 1.54) is 0 Å². The van der Waals surface area contributed by atoms with Crippen LogP contribution in [0.5, 0.6) is 0 Å². The molecule has 0 radical (unpaired) electrons. The number of nitrogens with one attached hydrogen (secondary N) is 1. The second kappa shape index (κ2) is 7.72. The van der Waals surface area contributed by atoms with Crippen molar-refractivity contribution in [3.63, 3.8) is 0 Å². The average Bonchev–Trinajstić information content (AvgIpc) is 3.18. The van der Waals surface area contributed by atoms with Crippen molar-refractivity contribution in [2.24, 2.45) is 0 Å². The normalized spacial score (nSPS) is 18.7. The molecule has 1 aliphatic heterocycles. The minimum Gasteiger partial charge on any atom is -0.310 e. The second-order valence-corrected chi connectivity index (χ2v) is 8.01. The van der Waals surface area contributed by atoms with E-state index in [9.17, 15) is 4.79 Å². The summed E-state index contributed by atoms with van der Waals surface area (Å²) in [5.74, 6) is 0.576. The minimum absolute atomic E-state index is 0.0168. The van der Waals surface area contributed by atoms with Gasteiger partial charge in [0, 0.05) is 43.5 Å². The number of pyridine rings is 1. The third-order valence-corrected chi connectivity index (χ3v) is 5.84. The van der Waals surface area contributed by atoms with E-state index in [1.54, 1.807) is 17.5 Å². The zero-order chi connectivity index (χ0) is 18.8. The largest absolute Gasteiger partial charge is 0.310 e. The van der Waals surface area contributed by atoms with Gasteiger partial charge in [0.15, 0.2) is 0 Å². The van der Waals surface area contributed by atoms with Crippen LogP contribution in [0.25, 0.3) is 21.2 Å². The molecule has 1 amide bonds. The molecule has 1 fully saturated rings. The Labute approximate surface area is 162 Å². The number of thiazole rings is 1. The molecule has 7 heteroatoms. The number of piperazine rings is 1. The monoisotopic (exact) mass is 381 g/mol. The lowest BCUT2D eigenvalue weighted by Crippen LogP contribution is -2.52. The van der Waals surface area contributed by atoms with E-state index in [4.69, 9.17) is 0 Å². The predicted molar refractivity (Wildman–Crippen MR) is 110 cm³/mol. The predicted octanol–water partition coefficient (Wildman–Crippen LogP) is 2.93. The minimum atomic E-state index is -0.0168. The third-order valence-electron chi connectivity index (χ3n) is 5.02. The molecule has 1 atom stereocenters. The fraction of sp³-hybridized carbons (Fsp3) is 0.350. The molecule has 27 heavy (non-hydrogen) atoms. The Bertz CT molecular complexity index is 943. The van der Waals surface area contributed by atoms with Gasteiger partial charge in [0.25, 0.3) is 0 Å². The number of amides is 1. The van der Waals surface area contributed by atoms with E-state index >= 15 is 0 Å². The lowest BCUT2D eigenvalue weighted by atomic mass is 10.1. The summed E-state index contributed by atoms with van der Waals surface area (Å²) >= 11 is 1.61. The number of carbonyl (C=O) groups is 1. The molecule has 1 N–H and O–H groups in total. The molecule has 140 valence electrons. The topological polar surface area (TPSA) is 61.4 Å². The first kappa shape index (κ1) is 18.0. The number of anilines is 1. The Morgan fingerprint density at radius 3 is 2.93 bits per heavy atom. The van der Waals surface area contributed by atoms with Crippen molar-refractivity contribution in [2.45, 2.75) is 13.0 Å². The fourth-order valence-electron chi connectivity index (χ4n) is 3.50. The maximum Gasteiger partial charge on any atom is 0.239 e. The molecule has 6 nitrogen and oxygen atoms in total. The van der Waals surface area contributed by atoms with Crippen molar-refractivity contribution in [1.82, 2.24) is 19.8 Å². The number of likely N-dealkylation sites (N-methyl/N-ethyl adjacent to an activating group) is 1. The summed E-state index contributed by atoms with van der Waals surface area (Å²) in [7, 11) is 2.12. The molecule has 0 spiro atoms. The van der Waals surface area contributed by atoms with Gasteiger partial charge < -0.3 is 10.2 Å². The zero-order valence-electron chi connectivity index (χ0n) is 15.6. The van der Waals surface area contributed by atoms with E-state index < -0.39 is 0 Å². The van der Waals surface area contributed by atoms with Gasteiger partial charge in [-0.05, 0) is 37.1 Å². The smallest absolute Gasteiger partial charge is 0.239 e. The van der Waals surface area contributed by atoms with Crippen LogP contribution in [-0.4, -0.2) is 64.9 Å². The van der Waals surface area contributed by atoms with Gasteiger partial charge in [0.2, 0.25) is 5.91 Å². The lowest BCUT2D eigenvalue weighted by Gasteiger charge is -2.37. The highest BCUT2D eigenvalue weighted by Gasteiger charge is 2.23.